The largest absolute Gasteiger partial charge is 0.470 e. The van der Waals surface area contributed by atoms with Crippen LogP contribution in [0, 0.1) is 0 Å². The van der Waals surface area contributed by atoms with Crippen LogP contribution in [-0.2, 0) is 0 Å². The highest BCUT2D eigenvalue weighted by Crippen LogP contribution is 2.49. The van der Waals surface area contributed by atoms with Crippen molar-refractivity contribution in [3.05, 3.63) is 78.9 Å². The first kappa shape index (κ1) is 25.9. The van der Waals surface area contributed by atoms with Gasteiger partial charge in [-0.3, -0.25) is 0 Å². The molecule has 5 rings (SSSR count). The zero-order valence-electron chi connectivity index (χ0n) is 19.2. The number of hydrogen-bond donors (Lipinski definition) is 0. The van der Waals surface area contributed by atoms with Crippen LogP contribution in [0.25, 0.3) is 43.1 Å². The van der Waals surface area contributed by atoms with Crippen molar-refractivity contribution >= 4 is 43.1 Å². The molecule has 0 spiro atoms. The Morgan fingerprint density at radius 1 is 0.474 bits per heavy atom. The third-order valence-corrected chi connectivity index (χ3v) is 6.38. The number of hydrogen-bond acceptors (Lipinski definition) is 1. The van der Waals surface area contributed by atoms with Crippen molar-refractivity contribution in [1.82, 2.24) is 0 Å². The standard InChI is InChI=1S/C28H17F9O/c29-25(30,7-8-26(31,32)33)27(34,35)28(36,37)38-24-6-5-18-11-21-12-19-9-16-3-1-2-4-17(16)10-20(19)13-22(21)14-23(18)15-24/h1-6,9-15H,7-8H2. The van der Waals surface area contributed by atoms with Gasteiger partial charge in [0.05, 0.1) is 0 Å². The van der Waals surface area contributed by atoms with Gasteiger partial charge in [-0.25, -0.2) is 0 Å². The van der Waals surface area contributed by atoms with Crippen LogP contribution >= 0.6 is 0 Å². The van der Waals surface area contributed by atoms with Crippen molar-refractivity contribution in [2.45, 2.75) is 37.0 Å². The Labute approximate surface area is 209 Å². The third-order valence-electron chi connectivity index (χ3n) is 6.38. The lowest BCUT2D eigenvalue weighted by Crippen LogP contribution is -2.57. The van der Waals surface area contributed by atoms with Gasteiger partial charge in [-0.15, -0.1) is 0 Å². The molecule has 0 unspecified atom stereocenters. The Kier molecular flexibility index (Phi) is 5.92. The van der Waals surface area contributed by atoms with Crippen molar-refractivity contribution in [2.75, 3.05) is 0 Å². The smallest absolute Gasteiger partial charge is 0.428 e. The normalized spacial score (nSPS) is 13.6. The predicted octanol–water partition coefficient (Wildman–Crippen LogP) is 9.88. The lowest BCUT2D eigenvalue weighted by Gasteiger charge is -2.32. The van der Waals surface area contributed by atoms with E-state index in [1.165, 1.54) is 6.07 Å². The van der Waals surface area contributed by atoms with Crippen LogP contribution in [0.2, 0.25) is 0 Å². The van der Waals surface area contributed by atoms with E-state index in [0.717, 1.165) is 39.1 Å². The second kappa shape index (κ2) is 8.68. The van der Waals surface area contributed by atoms with Crippen molar-refractivity contribution in [2.24, 2.45) is 0 Å². The van der Waals surface area contributed by atoms with E-state index in [9.17, 15) is 39.5 Å². The molecule has 0 bridgehead atoms. The zero-order chi connectivity index (χ0) is 27.5. The molecule has 38 heavy (non-hydrogen) atoms. The average Bonchev–Trinajstić information content (AvgIpc) is 2.83. The fraction of sp³-hybridized carbons (Fsp3) is 0.214. The molecule has 0 radical (unpaired) electrons. The highest BCUT2D eigenvalue weighted by atomic mass is 19.4. The summed E-state index contributed by atoms with van der Waals surface area (Å²) in [7, 11) is 0. The van der Waals surface area contributed by atoms with Crippen molar-refractivity contribution in [3.63, 3.8) is 0 Å². The van der Waals surface area contributed by atoms with Gasteiger partial charge >= 0.3 is 24.1 Å². The molecule has 0 aromatic heterocycles. The summed E-state index contributed by atoms with van der Waals surface area (Å²) in [5.74, 6) is -12.7. The molecule has 10 heteroatoms. The predicted molar refractivity (Wildman–Crippen MR) is 127 cm³/mol. The number of halogens is 9. The molecular formula is C28H17F9O. The maximum Gasteiger partial charge on any atom is 0.470 e. The molecule has 5 aromatic rings. The Morgan fingerprint density at radius 3 is 1.37 bits per heavy atom. The van der Waals surface area contributed by atoms with Crippen LogP contribution in [0.3, 0.4) is 0 Å². The van der Waals surface area contributed by atoms with Gasteiger partial charge in [0, 0.05) is 12.8 Å². The second-order valence-corrected chi connectivity index (χ2v) is 9.12. The van der Waals surface area contributed by atoms with Crippen molar-refractivity contribution in [3.8, 4) is 5.75 Å². The Morgan fingerprint density at radius 2 is 0.895 bits per heavy atom. The summed E-state index contributed by atoms with van der Waals surface area (Å²) in [6, 6.07) is 22.1. The summed E-state index contributed by atoms with van der Waals surface area (Å²) >= 11 is 0. The van der Waals surface area contributed by atoms with Gasteiger partial charge in [0.2, 0.25) is 0 Å². The molecule has 0 saturated carbocycles. The average molecular weight is 540 g/mol. The molecule has 0 heterocycles. The maximum atomic E-state index is 14.2. The van der Waals surface area contributed by atoms with Gasteiger partial charge in [0.15, 0.2) is 0 Å². The van der Waals surface area contributed by atoms with Crippen LogP contribution in [0.1, 0.15) is 12.8 Å². The minimum atomic E-state index is -6.20. The van der Waals surface area contributed by atoms with E-state index in [2.05, 4.69) is 4.74 Å². The zero-order valence-corrected chi connectivity index (χ0v) is 19.2. The fourth-order valence-corrected chi connectivity index (χ4v) is 4.37. The number of ether oxygens (including phenoxy) is 1. The van der Waals surface area contributed by atoms with Gasteiger partial charge in [-0.1, -0.05) is 30.3 Å². The van der Waals surface area contributed by atoms with Gasteiger partial charge < -0.3 is 4.74 Å². The molecule has 0 saturated heterocycles. The lowest BCUT2D eigenvalue weighted by atomic mass is 9.97. The summed E-state index contributed by atoms with van der Waals surface area (Å²) < 4.78 is 125. The maximum absolute atomic E-state index is 14.2. The van der Waals surface area contributed by atoms with E-state index in [-0.39, 0.29) is 0 Å². The van der Waals surface area contributed by atoms with E-state index < -0.39 is 42.7 Å². The first-order chi connectivity index (χ1) is 17.7. The Bertz CT molecular complexity index is 1670. The topological polar surface area (TPSA) is 9.23 Å². The molecule has 0 amide bonds. The summed E-state index contributed by atoms with van der Waals surface area (Å²) in [6.07, 6.45) is -15.9. The van der Waals surface area contributed by atoms with Crippen LogP contribution < -0.4 is 4.74 Å². The van der Waals surface area contributed by atoms with Crippen LogP contribution in [0.5, 0.6) is 5.75 Å². The highest BCUT2D eigenvalue weighted by Gasteiger charge is 2.74. The minimum absolute atomic E-state index is 0.304. The SMILES string of the molecule is FC(F)(F)CCC(F)(F)C(F)(F)C(F)(F)Oc1ccc2cc3cc4cc5ccccc5cc4cc3cc2c1. The van der Waals surface area contributed by atoms with Crippen molar-refractivity contribution < 1.29 is 44.3 Å². The molecular weight excluding hydrogens is 523 g/mol. The molecule has 198 valence electrons. The number of fused-ring (bicyclic) bond motifs is 4. The Balaban J connectivity index is 1.48. The molecule has 0 atom stereocenters. The van der Waals surface area contributed by atoms with Crippen molar-refractivity contribution in [1.29, 1.82) is 0 Å². The molecule has 0 N–H and O–H groups in total. The molecule has 0 aliphatic heterocycles. The van der Waals surface area contributed by atoms with Crippen LogP contribution in [0.15, 0.2) is 78.9 Å². The van der Waals surface area contributed by atoms with E-state index in [1.807, 2.05) is 48.5 Å². The first-order valence-corrected chi connectivity index (χ1v) is 11.3. The number of rotatable bonds is 6. The lowest BCUT2D eigenvalue weighted by molar-refractivity contribution is -0.375. The molecule has 0 fully saturated rings. The third kappa shape index (κ3) is 4.68. The van der Waals surface area contributed by atoms with Gasteiger partial charge in [-0.2, -0.15) is 39.5 Å². The Hall–Kier alpha value is -3.69. The van der Waals surface area contributed by atoms with Gasteiger partial charge in [0.1, 0.15) is 5.75 Å². The molecule has 5 aromatic carbocycles. The monoisotopic (exact) mass is 540 g/mol. The van der Waals surface area contributed by atoms with E-state index in [4.69, 9.17) is 0 Å². The van der Waals surface area contributed by atoms with Gasteiger partial charge in [-0.05, 0) is 91.6 Å². The molecule has 1 nitrogen and oxygen atoms in total. The molecule has 0 aliphatic rings. The highest BCUT2D eigenvalue weighted by molar-refractivity contribution is 6.08. The van der Waals surface area contributed by atoms with E-state index >= 15 is 0 Å². The first-order valence-electron chi connectivity index (χ1n) is 11.3. The second-order valence-electron chi connectivity index (χ2n) is 9.12. The summed E-state index contributed by atoms with van der Waals surface area (Å²) in [5, 5.41) is 6.27. The van der Waals surface area contributed by atoms with E-state index in [1.54, 1.807) is 12.1 Å². The minimum Gasteiger partial charge on any atom is -0.428 e. The van der Waals surface area contributed by atoms with Gasteiger partial charge in [0.25, 0.3) is 0 Å². The number of benzene rings is 5. The summed E-state index contributed by atoms with van der Waals surface area (Å²) in [6.45, 7) is 0. The summed E-state index contributed by atoms with van der Waals surface area (Å²) in [5.41, 5.74) is 0. The quantitative estimate of drug-likeness (QED) is 0.154. The molecule has 0 aliphatic carbocycles. The fourth-order valence-electron chi connectivity index (χ4n) is 4.37. The van der Waals surface area contributed by atoms with E-state index in [0.29, 0.717) is 16.2 Å². The number of alkyl halides is 9. The van der Waals surface area contributed by atoms with Crippen LogP contribution in [-0.4, -0.2) is 24.1 Å². The van der Waals surface area contributed by atoms with Crippen LogP contribution in [0.4, 0.5) is 39.5 Å². The summed E-state index contributed by atoms with van der Waals surface area (Å²) in [4.78, 5) is 0.